The standard InChI is InChI=1S/C16H17BrFNO/c1-19(2)14-5-3-4-12(8-14)16(20)9-11-6-7-13(18)10-15(11)17/h3-8,10,16,20H,9H2,1-2H3. The smallest absolute Gasteiger partial charge is 0.124 e. The first-order valence-electron chi connectivity index (χ1n) is 6.36. The van der Waals surface area contributed by atoms with Crippen LogP contribution in [-0.4, -0.2) is 19.2 Å². The second-order valence-corrected chi connectivity index (χ2v) is 5.80. The van der Waals surface area contributed by atoms with Gasteiger partial charge in [-0.25, -0.2) is 4.39 Å². The Labute approximate surface area is 127 Å². The van der Waals surface area contributed by atoms with E-state index in [1.54, 1.807) is 6.07 Å². The number of aliphatic hydroxyl groups is 1. The fourth-order valence-electron chi connectivity index (χ4n) is 2.02. The molecule has 0 saturated carbocycles. The molecule has 0 heterocycles. The number of nitrogens with zero attached hydrogens (tertiary/aromatic N) is 1. The van der Waals surface area contributed by atoms with Crippen molar-refractivity contribution in [2.75, 3.05) is 19.0 Å². The summed E-state index contributed by atoms with van der Waals surface area (Å²) in [5.74, 6) is -0.287. The predicted molar refractivity (Wildman–Crippen MR) is 83.5 cm³/mol. The van der Waals surface area contributed by atoms with E-state index in [4.69, 9.17) is 0 Å². The average Bonchev–Trinajstić information content (AvgIpc) is 2.42. The van der Waals surface area contributed by atoms with Crippen LogP contribution in [0, 0.1) is 5.82 Å². The molecule has 0 spiro atoms. The quantitative estimate of drug-likeness (QED) is 0.913. The normalized spacial score (nSPS) is 12.2. The van der Waals surface area contributed by atoms with Crippen LogP contribution in [0.2, 0.25) is 0 Å². The van der Waals surface area contributed by atoms with Gasteiger partial charge in [0.1, 0.15) is 5.82 Å². The van der Waals surface area contributed by atoms with Gasteiger partial charge in [-0.3, -0.25) is 0 Å². The molecular weight excluding hydrogens is 321 g/mol. The fourth-order valence-corrected chi connectivity index (χ4v) is 2.54. The molecule has 4 heteroatoms. The maximum Gasteiger partial charge on any atom is 0.124 e. The van der Waals surface area contributed by atoms with Crippen molar-refractivity contribution in [1.29, 1.82) is 0 Å². The Hall–Kier alpha value is -1.39. The molecule has 1 unspecified atom stereocenters. The number of benzene rings is 2. The third kappa shape index (κ3) is 3.58. The van der Waals surface area contributed by atoms with Crippen molar-refractivity contribution in [3.8, 4) is 0 Å². The number of anilines is 1. The highest BCUT2D eigenvalue weighted by Crippen LogP contribution is 2.26. The summed E-state index contributed by atoms with van der Waals surface area (Å²) in [4.78, 5) is 1.99. The van der Waals surface area contributed by atoms with E-state index in [1.807, 2.05) is 43.3 Å². The zero-order valence-electron chi connectivity index (χ0n) is 11.5. The molecule has 106 valence electrons. The third-order valence-corrected chi connectivity index (χ3v) is 3.94. The van der Waals surface area contributed by atoms with Gasteiger partial charge in [-0.05, 0) is 35.4 Å². The van der Waals surface area contributed by atoms with E-state index in [9.17, 15) is 9.50 Å². The van der Waals surface area contributed by atoms with Gasteiger partial charge in [-0.1, -0.05) is 34.1 Å². The molecular formula is C16H17BrFNO. The molecule has 2 aromatic carbocycles. The summed E-state index contributed by atoms with van der Waals surface area (Å²) in [5, 5.41) is 10.3. The molecule has 0 bridgehead atoms. The van der Waals surface area contributed by atoms with Crippen molar-refractivity contribution in [3.63, 3.8) is 0 Å². The molecule has 2 aromatic rings. The van der Waals surface area contributed by atoms with Crippen molar-refractivity contribution in [2.45, 2.75) is 12.5 Å². The maximum absolute atomic E-state index is 13.1. The van der Waals surface area contributed by atoms with Crippen LogP contribution in [0.15, 0.2) is 46.9 Å². The monoisotopic (exact) mass is 337 g/mol. The second-order valence-electron chi connectivity index (χ2n) is 4.95. The number of aliphatic hydroxyl groups excluding tert-OH is 1. The molecule has 0 amide bonds. The van der Waals surface area contributed by atoms with Crippen LogP contribution in [0.4, 0.5) is 10.1 Å². The van der Waals surface area contributed by atoms with Crippen LogP contribution in [0.3, 0.4) is 0 Å². The molecule has 0 radical (unpaired) electrons. The molecule has 0 saturated heterocycles. The van der Waals surface area contributed by atoms with E-state index in [1.165, 1.54) is 12.1 Å². The van der Waals surface area contributed by atoms with Crippen LogP contribution < -0.4 is 4.90 Å². The Kier molecular flexibility index (Phi) is 4.78. The Morgan fingerprint density at radius 2 is 1.95 bits per heavy atom. The van der Waals surface area contributed by atoms with Crippen LogP contribution in [-0.2, 0) is 6.42 Å². The van der Waals surface area contributed by atoms with E-state index < -0.39 is 6.10 Å². The first kappa shape index (κ1) is 15.0. The number of halogens is 2. The summed E-state index contributed by atoms with van der Waals surface area (Å²) in [6.45, 7) is 0. The lowest BCUT2D eigenvalue weighted by Gasteiger charge is -2.17. The molecule has 0 aromatic heterocycles. The molecule has 20 heavy (non-hydrogen) atoms. The maximum atomic E-state index is 13.1. The largest absolute Gasteiger partial charge is 0.388 e. The van der Waals surface area contributed by atoms with E-state index in [2.05, 4.69) is 15.9 Å². The SMILES string of the molecule is CN(C)c1cccc(C(O)Cc2ccc(F)cc2Br)c1. The van der Waals surface area contributed by atoms with Gasteiger partial charge in [0.15, 0.2) is 0 Å². The van der Waals surface area contributed by atoms with Crippen LogP contribution in [0.25, 0.3) is 0 Å². The van der Waals surface area contributed by atoms with Crippen molar-refractivity contribution >= 4 is 21.6 Å². The molecule has 0 aliphatic heterocycles. The topological polar surface area (TPSA) is 23.5 Å². The highest BCUT2D eigenvalue weighted by molar-refractivity contribution is 9.10. The zero-order chi connectivity index (χ0) is 14.7. The molecule has 2 nitrogen and oxygen atoms in total. The minimum Gasteiger partial charge on any atom is -0.388 e. The second kappa shape index (κ2) is 6.37. The molecule has 0 aliphatic carbocycles. The summed E-state index contributed by atoms with van der Waals surface area (Å²) in [5.41, 5.74) is 2.78. The van der Waals surface area contributed by atoms with Gasteiger partial charge in [0.2, 0.25) is 0 Å². The number of rotatable bonds is 4. The third-order valence-electron chi connectivity index (χ3n) is 3.20. The van der Waals surface area contributed by atoms with Crippen LogP contribution in [0.5, 0.6) is 0 Å². The van der Waals surface area contributed by atoms with E-state index in [-0.39, 0.29) is 5.82 Å². The van der Waals surface area contributed by atoms with Gasteiger partial charge in [-0.2, -0.15) is 0 Å². The van der Waals surface area contributed by atoms with Crippen molar-refractivity contribution in [1.82, 2.24) is 0 Å². The number of hydrogen-bond acceptors (Lipinski definition) is 2. The van der Waals surface area contributed by atoms with E-state index in [0.29, 0.717) is 10.9 Å². The summed E-state index contributed by atoms with van der Waals surface area (Å²) >= 11 is 3.33. The summed E-state index contributed by atoms with van der Waals surface area (Å²) in [7, 11) is 3.92. The minimum absolute atomic E-state index is 0.287. The van der Waals surface area contributed by atoms with Gasteiger partial charge < -0.3 is 10.0 Å². The predicted octanol–water partition coefficient (Wildman–Crippen LogP) is 3.93. The van der Waals surface area contributed by atoms with Gasteiger partial charge >= 0.3 is 0 Å². The minimum atomic E-state index is -0.614. The lowest BCUT2D eigenvalue weighted by atomic mass is 10.0. The van der Waals surface area contributed by atoms with Crippen LogP contribution >= 0.6 is 15.9 Å². The highest BCUT2D eigenvalue weighted by atomic mass is 79.9. The van der Waals surface area contributed by atoms with E-state index in [0.717, 1.165) is 16.8 Å². The molecule has 1 N–H and O–H groups in total. The van der Waals surface area contributed by atoms with Gasteiger partial charge in [0.05, 0.1) is 6.10 Å². The zero-order valence-corrected chi connectivity index (χ0v) is 13.1. The van der Waals surface area contributed by atoms with Gasteiger partial charge in [0.25, 0.3) is 0 Å². The molecule has 2 rings (SSSR count). The Balaban J connectivity index is 2.19. The number of hydrogen-bond donors (Lipinski definition) is 1. The lowest BCUT2D eigenvalue weighted by Crippen LogP contribution is -2.10. The van der Waals surface area contributed by atoms with Gasteiger partial charge in [-0.15, -0.1) is 0 Å². The first-order valence-corrected chi connectivity index (χ1v) is 7.16. The van der Waals surface area contributed by atoms with Gasteiger partial charge in [0, 0.05) is 30.7 Å². The van der Waals surface area contributed by atoms with Crippen molar-refractivity contribution < 1.29 is 9.50 Å². The molecule has 1 atom stereocenters. The Morgan fingerprint density at radius 1 is 1.20 bits per heavy atom. The van der Waals surface area contributed by atoms with E-state index >= 15 is 0 Å². The first-order chi connectivity index (χ1) is 9.47. The Bertz CT molecular complexity index is 601. The molecule has 0 aliphatic rings. The summed E-state index contributed by atoms with van der Waals surface area (Å²) in [6, 6.07) is 12.3. The van der Waals surface area contributed by atoms with Crippen LogP contribution in [0.1, 0.15) is 17.2 Å². The molecule has 0 fully saturated rings. The summed E-state index contributed by atoms with van der Waals surface area (Å²) in [6.07, 6.45) is -0.172. The fraction of sp³-hybridized carbons (Fsp3) is 0.250. The lowest BCUT2D eigenvalue weighted by molar-refractivity contribution is 0.178. The Morgan fingerprint density at radius 3 is 2.60 bits per heavy atom. The van der Waals surface area contributed by atoms with Crippen molar-refractivity contribution in [2.24, 2.45) is 0 Å². The highest BCUT2D eigenvalue weighted by Gasteiger charge is 2.12. The average molecular weight is 338 g/mol. The summed E-state index contributed by atoms with van der Waals surface area (Å²) < 4.78 is 13.7. The van der Waals surface area contributed by atoms with Crippen molar-refractivity contribution in [3.05, 3.63) is 63.9 Å².